The number of fused-ring (bicyclic) bond motifs is 1. The zero-order valence-corrected chi connectivity index (χ0v) is 14.3. The van der Waals surface area contributed by atoms with Crippen LogP contribution in [0.5, 0.6) is 0 Å². The number of para-hydroxylation sites is 1. The first-order chi connectivity index (χ1) is 11.7. The predicted molar refractivity (Wildman–Crippen MR) is 94.7 cm³/mol. The molecule has 2 N–H and O–H groups in total. The van der Waals surface area contributed by atoms with Crippen molar-refractivity contribution in [2.75, 3.05) is 13.7 Å². The van der Waals surface area contributed by atoms with Crippen molar-refractivity contribution in [3.8, 4) is 0 Å². The van der Waals surface area contributed by atoms with Gasteiger partial charge in [0.2, 0.25) is 5.91 Å². The Balaban J connectivity index is 1.56. The molecule has 0 aliphatic heterocycles. The summed E-state index contributed by atoms with van der Waals surface area (Å²) in [7, 11) is 1.40. The van der Waals surface area contributed by atoms with Gasteiger partial charge in [0.25, 0.3) is 0 Å². The normalized spacial score (nSPS) is 10.7. The fraction of sp³-hybridized carbons (Fsp3) is 0.474. The smallest absolute Gasteiger partial charge is 0.305 e. The second-order valence-corrected chi connectivity index (χ2v) is 5.95. The molecule has 0 bridgehead atoms. The van der Waals surface area contributed by atoms with Crippen molar-refractivity contribution >= 4 is 22.8 Å². The molecule has 2 aromatic rings. The van der Waals surface area contributed by atoms with Crippen LogP contribution < -0.4 is 5.32 Å². The molecule has 5 nitrogen and oxygen atoms in total. The van der Waals surface area contributed by atoms with Gasteiger partial charge in [-0.05, 0) is 37.3 Å². The van der Waals surface area contributed by atoms with Crippen LogP contribution in [-0.4, -0.2) is 30.5 Å². The summed E-state index contributed by atoms with van der Waals surface area (Å²) < 4.78 is 4.59. The molecule has 2 rings (SSSR count). The van der Waals surface area contributed by atoms with Crippen LogP contribution in [0.3, 0.4) is 0 Å². The topological polar surface area (TPSA) is 71.2 Å². The number of aromatic amines is 1. The van der Waals surface area contributed by atoms with Crippen molar-refractivity contribution in [2.24, 2.45) is 0 Å². The number of unbranched alkanes of at least 4 members (excludes halogenated alkanes) is 2. The lowest BCUT2D eigenvalue weighted by atomic mass is 10.1. The molecule has 1 aromatic heterocycles. The molecule has 0 aliphatic rings. The first-order valence-corrected chi connectivity index (χ1v) is 8.59. The highest BCUT2D eigenvalue weighted by molar-refractivity contribution is 5.83. The molecule has 0 saturated carbocycles. The number of hydrogen-bond donors (Lipinski definition) is 2. The highest BCUT2D eigenvalue weighted by Crippen LogP contribution is 2.19. The van der Waals surface area contributed by atoms with Crippen LogP contribution in [0.1, 0.15) is 44.1 Å². The van der Waals surface area contributed by atoms with Crippen molar-refractivity contribution in [3.05, 3.63) is 36.0 Å². The highest BCUT2D eigenvalue weighted by atomic mass is 16.5. The number of rotatable bonds is 10. The third-order valence-corrected chi connectivity index (χ3v) is 4.13. The molecule has 0 atom stereocenters. The Kier molecular flexibility index (Phi) is 7.33. The minimum atomic E-state index is -0.170. The number of ether oxygens (including phenoxy) is 1. The maximum absolute atomic E-state index is 11.8. The Hall–Kier alpha value is -2.30. The van der Waals surface area contributed by atoms with Crippen molar-refractivity contribution in [1.29, 1.82) is 0 Å². The van der Waals surface area contributed by atoms with Gasteiger partial charge in [-0.1, -0.05) is 24.6 Å². The predicted octanol–water partition coefficient (Wildman–Crippen LogP) is 3.34. The Labute approximate surface area is 142 Å². The Morgan fingerprint density at radius 1 is 1.08 bits per heavy atom. The first-order valence-electron chi connectivity index (χ1n) is 8.59. The zero-order valence-electron chi connectivity index (χ0n) is 14.3. The van der Waals surface area contributed by atoms with Gasteiger partial charge >= 0.3 is 5.97 Å². The van der Waals surface area contributed by atoms with Crippen molar-refractivity contribution in [3.63, 3.8) is 0 Å². The Morgan fingerprint density at radius 2 is 1.92 bits per heavy atom. The second-order valence-electron chi connectivity index (χ2n) is 5.95. The lowest BCUT2D eigenvalue weighted by molar-refractivity contribution is -0.140. The number of H-pyrrole nitrogens is 1. The fourth-order valence-electron chi connectivity index (χ4n) is 2.77. The van der Waals surface area contributed by atoms with Crippen LogP contribution in [0.4, 0.5) is 0 Å². The van der Waals surface area contributed by atoms with Gasteiger partial charge in [0.15, 0.2) is 0 Å². The number of esters is 1. The maximum atomic E-state index is 11.8. The summed E-state index contributed by atoms with van der Waals surface area (Å²) in [6.45, 7) is 0.674. The van der Waals surface area contributed by atoms with E-state index in [0.717, 1.165) is 37.6 Å². The molecule has 5 heteroatoms. The summed E-state index contributed by atoms with van der Waals surface area (Å²) in [6.07, 6.45) is 7.40. The SMILES string of the molecule is COC(=O)CCCCCNC(=O)CCCc1c[nH]c2ccccc12. The third-order valence-electron chi connectivity index (χ3n) is 4.13. The zero-order chi connectivity index (χ0) is 17.2. The molecule has 24 heavy (non-hydrogen) atoms. The molecular formula is C19H26N2O3. The van der Waals surface area contributed by atoms with Crippen molar-refractivity contribution in [2.45, 2.75) is 44.9 Å². The molecule has 0 spiro atoms. The minimum absolute atomic E-state index is 0.0998. The largest absolute Gasteiger partial charge is 0.469 e. The van der Waals surface area contributed by atoms with Gasteiger partial charge in [-0.15, -0.1) is 0 Å². The monoisotopic (exact) mass is 330 g/mol. The number of methoxy groups -OCH3 is 1. The van der Waals surface area contributed by atoms with Gasteiger partial charge in [0.05, 0.1) is 7.11 Å². The molecule has 130 valence electrons. The molecule has 0 saturated heterocycles. The number of carbonyl (C=O) groups is 2. The second kappa shape index (κ2) is 9.75. The van der Waals surface area contributed by atoms with Crippen LogP contribution in [0.25, 0.3) is 10.9 Å². The molecule has 0 aliphatic carbocycles. The van der Waals surface area contributed by atoms with Gasteiger partial charge in [-0.3, -0.25) is 9.59 Å². The molecular weight excluding hydrogens is 304 g/mol. The van der Waals surface area contributed by atoms with E-state index in [-0.39, 0.29) is 11.9 Å². The van der Waals surface area contributed by atoms with Gasteiger partial charge in [-0.25, -0.2) is 0 Å². The van der Waals surface area contributed by atoms with Gasteiger partial charge in [0, 0.05) is 36.5 Å². The van der Waals surface area contributed by atoms with E-state index in [1.807, 2.05) is 18.3 Å². The number of hydrogen-bond acceptors (Lipinski definition) is 3. The number of aryl methyl sites for hydroxylation is 1. The van der Waals surface area contributed by atoms with Crippen LogP contribution in [-0.2, 0) is 20.7 Å². The third kappa shape index (κ3) is 5.72. The van der Waals surface area contributed by atoms with Crippen LogP contribution >= 0.6 is 0 Å². The van der Waals surface area contributed by atoms with Crippen LogP contribution in [0.15, 0.2) is 30.5 Å². The summed E-state index contributed by atoms with van der Waals surface area (Å²) >= 11 is 0. The van der Waals surface area contributed by atoms with E-state index >= 15 is 0 Å². The lowest BCUT2D eigenvalue weighted by Gasteiger charge is -2.05. The van der Waals surface area contributed by atoms with Crippen LogP contribution in [0, 0.1) is 0 Å². The summed E-state index contributed by atoms with van der Waals surface area (Å²) in [4.78, 5) is 26.0. The highest BCUT2D eigenvalue weighted by Gasteiger charge is 2.05. The average molecular weight is 330 g/mol. The van der Waals surface area contributed by atoms with Gasteiger partial charge in [0.1, 0.15) is 0 Å². The average Bonchev–Trinajstić information content (AvgIpc) is 3.01. The van der Waals surface area contributed by atoms with Crippen LogP contribution in [0.2, 0.25) is 0 Å². The van der Waals surface area contributed by atoms with Gasteiger partial charge < -0.3 is 15.0 Å². The molecule has 0 radical (unpaired) electrons. The maximum Gasteiger partial charge on any atom is 0.305 e. The van der Waals surface area contributed by atoms with E-state index in [9.17, 15) is 9.59 Å². The van der Waals surface area contributed by atoms with Gasteiger partial charge in [-0.2, -0.15) is 0 Å². The number of aromatic nitrogens is 1. The summed E-state index contributed by atoms with van der Waals surface area (Å²) in [5.41, 5.74) is 2.41. The van der Waals surface area contributed by atoms with Crippen molar-refractivity contribution in [1.82, 2.24) is 10.3 Å². The number of benzene rings is 1. The summed E-state index contributed by atoms with van der Waals surface area (Å²) in [5.74, 6) is -0.0703. The number of amides is 1. The minimum Gasteiger partial charge on any atom is -0.469 e. The lowest BCUT2D eigenvalue weighted by Crippen LogP contribution is -2.24. The Bertz CT molecular complexity index is 663. The van der Waals surface area contributed by atoms with E-state index < -0.39 is 0 Å². The molecule has 0 fully saturated rings. The van der Waals surface area contributed by atoms with E-state index in [1.165, 1.54) is 18.1 Å². The van der Waals surface area contributed by atoms with E-state index in [4.69, 9.17) is 0 Å². The quantitative estimate of drug-likeness (QED) is 0.518. The summed E-state index contributed by atoms with van der Waals surface area (Å²) in [6, 6.07) is 8.22. The van der Waals surface area contributed by atoms with E-state index in [1.54, 1.807) is 0 Å². The number of carbonyl (C=O) groups excluding carboxylic acids is 2. The first kappa shape index (κ1) is 18.0. The fourth-order valence-corrected chi connectivity index (χ4v) is 2.77. The molecule has 1 amide bonds. The Morgan fingerprint density at radius 3 is 2.75 bits per heavy atom. The summed E-state index contributed by atoms with van der Waals surface area (Å²) in [5, 5.41) is 4.18. The number of nitrogens with one attached hydrogen (secondary N) is 2. The standard InChI is InChI=1S/C19H26N2O3/c1-24-19(23)12-3-2-6-13-20-18(22)11-7-8-15-14-21-17-10-5-4-9-16(15)17/h4-5,9-10,14,21H,2-3,6-8,11-13H2,1H3,(H,20,22). The molecule has 0 unspecified atom stereocenters. The molecule has 1 heterocycles. The van der Waals surface area contributed by atoms with Crippen molar-refractivity contribution < 1.29 is 14.3 Å². The van der Waals surface area contributed by atoms with E-state index in [2.05, 4.69) is 27.2 Å². The molecule has 1 aromatic carbocycles. The van der Waals surface area contributed by atoms with E-state index in [0.29, 0.717) is 19.4 Å².